The molecule has 1 aromatic heterocycles. The van der Waals surface area contributed by atoms with Gasteiger partial charge in [0.15, 0.2) is 0 Å². The summed E-state index contributed by atoms with van der Waals surface area (Å²) in [5.41, 5.74) is 19.6. The number of benzene rings is 9. The average Bonchev–Trinajstić information content (AvgIpc) is 3.94. The molecule has 10 aromatic rings. The Kier molecular flexibility index (Phi) is 7.69. The van der Waals surface area contributed by atoms with Crippen LogP contribution in [0.3, 0.4) is 0 Å². The lowest BCUT2D eigenvalue weighted by molar-refractivity contribution is 0.802. The predicted molar refractivity (Wildman–Crippen MR) is 249 cm³/mol. The fourth-order valence-electron chi connectivity index (χ4n) is 9.99. The fourth-order valence-corrected chi connectivity index (χ4v) is 11.3. The van der Waals surface area contributed by atoms with Crippen molar-refractivity contribution in [1.82, 2.24) is 0 Å². The van der Waals surface area contributed by atoms with Gasteiger partial charge in [-0.25, -0.2) is 0 Å². The summed E-state index contributed by atoms with van der Waals surface area (Å²) in [7, 11) is 0. The number of thiophene rings is 1. The van der Waals surface area contributed by atoms with Crippen molar-refractivity contribution in [3.05, 3.63) is 247 Å². The van der Waals surface area contributed by atoms with Gasteiger partial charge in [0, 0.05) is 26.6 Å². The third kappa shape index (κ3) is 5.10. The van der Waals surface area contributed by atoms with Crippen LogP contribution >= 0.6 is 11.3 Å². The molecule has 1 nitrogen and oxygen atoms in total. The van der Waals surface area contributed by atoms with Crippen LogP contribution in [0.1, 0.15) is 22.3 Å². The molecule has 2 aliphatic rings. The SMILES string of the molecule is c1ccc(-c2ccc(N(c3ccc(-c4ccccc4-c4ccccc4)cc3)c3ccc4c(c3)C3(c5ccccc5-4)c4ccccc4-c4sc5ccccc5c43)cc2)cc1. The van der Waals surface area contributed by atoms with Crippen molar-refractivity contribution >= 4 is 38.5 Å². The lowest BCUT2D eigenvalue weighted by atomic mass is 9.70. The smallest absolute Gasteiger partial charge is 0.0740 e. The Morgan fingerprint density at radius 3 is 1.46 bits per heavy atom. The number of nitrogens with zero attached hydrogens (tertiary/aromatic N) is 1. The molecule has 1 unspecified atom stereocenters. The normalized spacial score (nSPS) is 14.5. The highest BCUT2D eigenvalue weighted by atomic mass is 32.1. The summed E-state index contributed by atoms with van der Waals surface area (Å²) < 4.78 is 1.34. The number of fused-ring (bicyclic) bond motifs is 12. The van der Waals surface area contributed by atoms with Crippen molar-refractivity contribution in [2.24, 2.45) is 0 Å². The highest BCUT2D eigenvalue weighted by Crippen LogP contribution is 2.66. The van der Waals surface area contributed by atoms with Gasteiger partial charge in [0.1, 0.15) is 0 Å². The second-order valence-corrected chi connectivity index (χ2v) is 16.6. The van der Waals surface area contributed by atoms with Gasteiger partial charge in [-0.2, -0.15) is 0 Å². The summed E-state index contributed by atoms with van der Waals surface area (Å²) in [5, 5.41) is 1.34. The molecule has 2 aliphatic carbocycles. The maximum absolute atomic E-state index is 2.50. The third-order valence-corrected chi connectivity index (χ3v) is 13.7. The number of anilines is 3. The molecule has 0 saturated heterocycles. The van der Waals surface area contributed by atoms with Crippen LogP contribution in [-0.2, 0) is 5.41 Å². The summed E-state index contributed by atoms with van der Waals surface area (Å²) in [6.07, 6.45) is 0. The van der Waals surface area contributed by atoms with Crippen molar-refractivity contribution in [3.63, 3.8) is 0 Å². The van der Waals surface area contributed by atoms with Gasteiger partial charge in [0.25, 0.3) is 0 Å². The zero-order valence-corrected chi connectivity index (χ0v) is 33.0. The van der Waals surface area contributed by atoms with E-state index in [1.54, 1.807) is 0 Å². The number of rotatable bonds is 6. The first-order chi connectivity index (χ1) is 29.3. The molecule has 0 radical (unpaired) electrons. The summed E-state index contributed by atoms with van der Waals surface area (Å²) in [6.45, 7) is 0. The minimum absolute atomic E-state index is 0.443. The monoisotopic (exact) mass is 767 g/mol. The van der Waals surface area contributed by atoms with Crippen LogP contribution in [0, 0.1) is 0 Å². The van der Waals surface area contributed by atoms with E-state index in [-0.39, 0.29) is 0 Å². The zero-order chi connectivity index (χ0) is 38.9. The Balaban J connectivity index is 1.06. The van der Waals surface area contributed by atoms with Crippen molar-refractivity contribution < 1.29 is 0 Å². The van der Waals surface area contributed by atoms with Crippen molar-refractivity contribution in [2.45, 2.75) is 5.41 Å². The third-order valence-electron chi connectivity index (χ3n) is 12.5. The van der Waals surface area contributed by atoms with Crippen LogP contribution in [0.5, 0.6) is 0 Å². The second-order valence-electron chi connectivity index (χ2n) is 15.6. The van der Waals surface area contributed by atoms with Crippen molar-refractivity contribution in [3.8, 4) is 54.9 Å². The van der Waals surface area contributed by atoms with Crippen LogP contribution in [0.15, 0.2) is 224 Å². The fraction of sp³-hybridized carbons (Fsp3) is 0.0175. The molecule has 0 fully saturated rings. The van der Waals surface area contributed by atoms with E-state index in [2.05, 4.69) is 229 Å². The molecule has 0 amide bonds. The summed E-state index contributed by atoms with van der Waals surface area (Å²) >= 11 is 1.93. The molecule has 9 aromatic carbocycles. The van der Waals surface area contributed by atoms with E-state index in [0.29, 0.717) is 0 Å². The van der Waals surface area contributed by atoms with E-state index >= 15 is 0 Å². The van der Waals surface area contributed by atoms with Crippen LogP contribution in [0.2, 0.25) is 0 Å². The van der Waals surface area contributed by atoms with E-state index in [1.807, 2.05) is 11.3 Å². The molecular formula is C57H37NS. The Hall–Kier alpha value is -7.26. The van der Waals surface area contributed by atoms with Crippen LogP contribution in [0.25, 0.3) is 65.0 Å². The predicted octanol–water partition coefficient (Wildman–Crippen LogP) is 15.7. The molecule has 0 saturated carbocycles. The largest absolute Gasteiger partial charge is 0.310 e. The Morgan fingerprint density at radius 2 is 0.780 bits per heavy atom. The average molecular weight is 768 g/mol. The molecular weight excluding hydrogens is 731 g/mol. The second kappa shape index (κ2) is 13.4. The van der Waals surface area contributed by atoms with Gasteiger partial charge in [-0.05, 0) is 120 Å². The molecule has 0 aliphatic heterocycles. The lowest BCUT2D eigenvalue weighted by Gasteiger charge is -2.32. The first-order valence-corrected chi connectivity index (χ1v) is 21.2. The Labute approximate surface area is 348 Å². The van der Waals surface area contributed by atoms with Gasteiger partial charge in [0.2, 0.25) is 0 Å². The number of hydrogen-bond donors (Lipinski definition) is 0. The lowest BCUT2D eigenvalue weighted by Crippen LogP contribution is -2.26. The van der Waals surface area contributed by atoms with Crippen LogP contribution in [0.4, 0.5) is 17.1 Å². The molecule has 2 heteroatoms. The standard InChI is InChI=1S/C57H37NS/c1-3-15-38(16-4-1)39-27-31-42(32-28-39)58(43-33-29-41(30-34-43)46-20-8-7-19-45(46)40-17-5-2-6-18-40)44-35-36-48-47-21-9-12-24-51(47)57(53(48)37-44)52-25-13-10-22-49(52)56-55(57)50-23-11-14-26-54(50)59-56/h1-37H. The summed E-state index contributed by atoms with van der Waals surface area (Å²) in [5.74, 6) is 0. The van der Waals surface area contributed by atoms with Crippen molar-refractivity contribution in [1.29, 1.82) is 0 Å². The molecule has 0 N–H and O–H groups in total. The topological polar surface area (TPSA) is 3.24 Å². The van der Waals surface area contributed by atoms with E-state index in [0.717, 1.165) is 17.1 Å². The summed E-state index contributed by atoms with van der Waals surface area (Å²) in [6, 6.07) is 82.7. The van der Waals surface area contributed by atoms with E-state index in [4.69, 9.17) is 0 Å². The molecule has 1 heterocycles. The van der Waals surface area contributed by atoms with E-state index in [1.165, 1.54) is 87.3 Å². The Bertz CT molecular complexity index is 3200. The maximum Gasteiger partial charge on any atom is 0.0740 e. The molecule has 276 valence electrons. The van der Waals surface area contributed by atoms with Crippen LogP contribution in [-0.4, -0.2) is 0 Å². The molecule has 1 spiro atoms. The van der Waals surface area contributed by atoms with Gasteiger partial charge in [-0.3, -0.25) is 0 Å². The van der Waals surface area contributed by atoms with Gasteiger partial charge < -0.3 is 4.90 Å². The molecule has 12 rings (SSSR count). The molecule has 1 atom stereocenters. The first kappa shape index (κ1) is 33.8. The molecule has 59 heavy (non-hydrogen) atoms. The minimum Gasteiger partial charge on any atom is -0.310 e. The van der Waals surface area contributed by atoms with Gasteiger partial charge in [-0.15, -0.1) is 11.3 Å². The van der Waals surface area contributed by atoms with Gasteiger partial charge >= 0.3 is 0 Å². The quantitative estimate of drug-likeness (QED) is 0.163. The minimum atomic E-state index is -0.443. The van der Waals surface area contributed by atoms with Crippen LogP contribution < -0.4 is 4.90 Å². The van der Waals surface area contributed by atoms with E-state index < -0.39 is 5.41 Å². The van der Waals surface area contributed by atoms with Crippen molar-refractivity contribution in [2.75, 3.05) is 4.90 Å². The summed E-state index contributed by atoms with van der Waals surface area (Å²) in [4.78, 5) is 3.82. The maximum atomic E-state index is 2.50. The highest BCUT2D eigenvalue weighted by Gasteiger charge is 2.53. The highest BCUT2D eigenvalue weighted by molar-refractivity contribution is 7.22. The Morgan fingerprint density at radius 1 is 0.322 bits per heavy atom. The van der Waals surface area contributed by atoms with E-state index in [9.17, 15) is 0 Å². The van der Waals surface area contributed by atoms with Gasteiger partial charge in [0.05, 0.1) is 5.41 Å². The van der Waals surface area contributed by atoms with Gasteiger partial charge in [-0.1, -0.05) is 182 Å². The molecule has 0 bridgehead atoms. The number of hydrogen-bond acceptors (Lipinski definition) is 2. The first-order valence-electron chi connectivity index (χ1n) is 20.3. The zero-order valence-electron chi connectivity index (χ0n) is 32.2.